The number of amides is 1. The van der Waals surface area contributed by atoms with Crippen LogP contribution in [0.3, 0.4) is 0 Å². The van der Waals surface area contributed by atoms with Crippen molar-refractivity contribution in [3.63, 3.8) is 0 Å². The molecule has 0 radical (unpaired) electrons. The maximum absolute atomic E-state index is 13.0. The normalized spacial score (nSPS) is 21.2. The summed E-state index contributed by atoms with van der Waals surface area (Å²) in [5.41, 5.74) is 1.38. The maximum Gasteiger partial charge on any atom is 0.307 e. The Morgan fingerprint density at radius 2 is 1.70 bits per heavy atom. The Bertz CT molecular complexity index is 788. The first-order chi connectivity index (χ1) is 14.5. The second-order valence-electron chi connectivity index (χ2n) is 7.26. The lowest BCUT2D eigenvalue weighted by molar-refractivity contribution is -0.146. The van der Waals surface area contributed by atoms with Crippen LogP contribution in [0.2, 0.25) is 0 Å². The molecule has 1 aromatic carbocycles. The highest BCUT2D eigenvalue weighted by Gasteiger charge is 2.34. The van der Waals surface area contributed by atoms with Crippen molar-refractivity contribution in [1.82, 2.24) is 0 Å². The molecule has 3 rings (SSSR count). The van der Waals surface area contributed by atoms with E-state index in [4.69, 9.17) is 14.2 Å². The number of rotatable bonds is 8. The number of nitrogens with zero attached hydrogens (tertiary/aromatic N) is 1. The molecule has 1 fully saturated rings. The number of anilines is 2. The first-order valence-electron chi connectivity index (χ1n) is 10.5. The summed E-state index contributed by atoms with van der Waals surface area (Å²) in [5.74, 6) is -1.46. The Kier molecular flexibility index (Phi) is 7.57. The molecule has 2 N–H and O–H groups in total. The monoisotopic (exact) mass is 418 g/mol. The average Bonchev–Trinajstić information content (AvgIpc) is 2.76. The lowest BCUT2D eigenvalue weighted by atomic mass is 9.82. The zero-order valence-corrected chi connectivity index (χ0v) is 17.6. The molecule has 0 saturated carbocycles. The van der Waals surface area contributed by atoms with Gasteiger partial charge in [-0.05, 0) is 26.7 Å². The van der Waals surface area contributed by atoms with Crippen molar-refractivity contribution in [3.8, 4) is 11.5 Å². The van der Waals surface area contributed by atoms with E-state index in [1.807, 2.05) is 32.1 Å². The minimum absolute atomic E-state index is 0.325. The topological polar surface area (TPSA) is 97.3 Å². The lowest BCUT2D eigenvalue weighted by Gasteiger charge is -2.31. The quantitative estimate of drug-likeness (QED) is 0.627. The Balaban J connectivity index is 1.90. The molecule has 1 aliphatic carbocycles. The third kappa shape index (κ3) is 5.05. The van der Waals surface area contributed by atoms with E-state index in [0.717, 1.165) is 18.8 Å². The smallest absolute Gasteiger partial charge is 0.307 e. The average molecular weight is 418 g/mol. The molecule has 8 heteroatoms. The van der Waals surface area contributed by atoms with Crippen LogP contribution >= 0.6 is 0 Å². The van der Waals surface area contributed by atoms with Gasteiger partial charge in [0.2, 0.25) is 5.91 Å². The number of aliphatic carboxylic acids is 1. The van der Waals surface area contributed by atoms with E-state index in [1.165, 1.54) is 0 Å². The van der Waals surface area contributed by atoms with Gasteiger partial charge in [0.15, 0.2) is 0 Å². The second-order valence-corrected chi connectivity index (χ2v) is 7.26. The molecule has 1 aliphatic heterocycles. The molecule has 8 nitrogen and oxygen atoms in total. The highest BCUT2D eigenvalue weighted by Crippen LogP contribution is 2.40. The number of allylic oxidation sites excluding steroid dienone is 2. The third-order valence-electron chi connectivity index (χ3n) is 5.36. The second kappa shape index (κ2) is 10.3. The van der Waals surface area contributed by atoms with Crippen molar-refractivity contribution in [2.75, 3.05) is 49.7 Å². The highest BCUT2D eigenvalue weighted by molar-refractivity contribution is 5.97. The predicted molar refractivity (Wildman–Crippen MR) is 113 cm³/mol. The van der Waals surface area contributed by atoms with Crippen LogP contribution in [0, 0.1) is 11.8 Å². The van der Waals surface area contributed by atoms with Crippen LogP contribution in [0.25, 0.3) is 0 Å². The molecule has 1 heterocycles. The molecule has 30 heavy (non-hydrogen) atoms. The van der Waals surface area contributed by atoms with Crippen molar-refractivity contribution in [2.24, 2.45) is 11.8 Å². The molecule has 0 spiro atoms. The Morgan fingerprint density at radius 3 is 2.33 bits per heavy atom. The van der Waals surface area contributed by atoms with Crippen molar-refractivity contribution in [3.05, 3.63) is 24.3 Å². The van der Waals surface area contributed by atoms with Crippen LogP contribution in [0.15, 0.2) is 24.3 Å². The summed E-state index contributed by atoms with van der Waals surface area (Å²) in [5, 5.41) is 12.4. The number of hydrogen-bond donors (Lipinski definition) is 2. The summed E-state index contributed by atoms with van der Waals surface area (Å²) in [6.45, 7) is 7.46. The summed E-state index contributed by atoms with van der Waals surface area (Å²) < 4.78 is 17.1. The maximum atomic E-state index is 13.0. The minimum atomic E-state index is -0.956. The fourth-order valence-corrected chi connectivity index (χ4v) is 3.85. The molecule has 1 saturated heterocycles. The van der Waals surface area contributed by atoms with Gasteiger partial charge in [0.1, 0.15) is 11.5 Å². The first kappa shape index (κ1) is 22.0. The number of ether oxygens (including phenoxy) is 3. The van der Waals surface area contributed by atoms with Crippen molar-refractivity contribution >= 4 is 23.3 Å². The molecule has 0 bridgehead atoms. The van der Waals surface area contributed by atoms with E-state index in [2.05, 4.69) is 10.2 Å². The number of carbonyl (C=O) groups excluding carboxylic acids is 1. The van der Waals surface area contributed by atoms with E-state index in [9.17, 15) is 14.7 Å². The standard InChI is InChI=1S/C22H30N2O6/c1-3-29-19-14-18(24-9-11-28-12-10-24)20(30-4-2)13-17(19)23-21(25)15-7-5-6-8-16(15)22(26)27/h5-6,13-16H,3-4,7-12H2,1-2H3,(H,23,25)(H,26,27)/t15-,16+/m0/s1. The highest BCUT2D eigenvalue weighted by atomic mass is 16.5. The van der Waals surface area contributed by atoms with Crippen molar-refractivity contribution < 1.29 is 28.9 Å². The fourth-order valence-electron chi connectivity index (χ4n) is 3.85. The van der Waals surface area contributed by atoms with E-state index >= 15 is 0 Å². The molecule has 1 amide bonds. The van der Waals surface area contributed by atoms with Gasteiger partial charge in [-0.3, -0.25) is 9.59 Å². The van der Waals surface area contributed by atoms with Gasteiger partial charge in [0.25, 0.3) is 0 Å². The Labute approximate surface area is 176 Å². The molecular weight excluding hydrogens is 388 g/mol. The fraction of sp³-hybridized carbons (Fsp3) is 0.545. The third-order valence-corrected chi connectivity index (χ3v) is 5.36. The zero-order chi connectivity index (χ0) is 21.5. The van der Waals surface area contributed by atoms with Gasteiger partial charge < -0.3 is 29.5 Å². The summed E-state index contributed by atoms with van der Waals surface area (Å²) in [4.78, 5) is 26.7. The number of carboxylic acid groups (broad SMARTS) is 1. The van der Waals surface area contributed by atoms with Gasteiger partial charge in [0.05, 0.1) is 49.6 Å². The molecule has 2 aliphatic rings. The van der Waals surface area contributed by atoms with Crippen molar-refractivity contribution in [2.45, 2.75) is 26.7 Å². The van der Waals surface area contributed by atoms with Gasteiger partial charge in [-0.1, -0.05) is 12.2 Å². The summed E-state index contributed by atoms with van der Waals surface area (Å²) in [6, 6.07) is 3.65. The molecule has 0 unspecified atom stereocenters. The number of carboxylic acids is 1. The van der Waals surface area contributed by atoms with Gasteiger partial charge in [-0.15, -0.1) is 0 Å². The Morgan fingerprint density at radius 1 is 1.07 bits per heavy atom. The summed E-state index contributed by atoms with van der Waals surface area (Å²) >= 11 is 0. The van der Waals surface area contributed by atoms with Crippen LogP contribution < -0.4 is 19.7 Å². The first-order valence-corrected chi connectivity index (χ1v) is 10.5. The summed E-state index contributed by atoms with van der Waals surface area (Å²) in [6.07, 6.45) is 4.43. The minimum Gasteiger partial charge on any atom is -0.492 e. The van der Waals surface area contributed by atoms with E-state index in [1.54, 1.807) is 6.07 Å². The SMILES string of the molecule is CCOc1cc(N2CCOCC2)c(OCC)cc1NC(=O)[C@H]1CC=CC[C@H]1C(=O)O. The van der Waals surface area contributed by atoms with Gasteiger partial charge in [-0.25, -0.2) is 0 Å². The molecular formula is C22H30N2O6. The van der Waals surface area contributed by atoms with Crippen LogP contribution in [-0.2, 0) is 14.3 Å². The number of carbonyl (C=O) groups is 2. The van der Waals surface area contributed by atoms with Gasteiger partial charge >= 0.3 is 5.97 Å². The number of hydrogen-bond acceptors (Lipinski definition) is 6. The number of morpholine rings is 1. The Hall–Kier alpha value is -2.74. The largest absolute Gasteiger partial charge is 0.492 e. The van der Waals surface area contributed by atoms with Crippen molar-refractivity contribution in [1.29, 1.82) is 0 Å². The lowest BCUT2D eigenvalue weighted by Crippen LogP contribution is -2.36. The molecule has 164 valence electrons. The van der Waals surface area contributed by atoms with E-state index < -0.39 is 17.8 Å². The molecule has 1 aromatic rings. The molecule has 2 atom stereocenters. The number of benzene rings is 1. The number of nitrogens with one attached hydrogen (secondary N) is 1. The predicted octanol–water partition coefficient (Wildman–Crippen LogP) is 2.93. The van der Waals surface area contributed by atoms with Crippen LogP contribution in [-0.4, -0.2) is 56.5 Å². The molecule has 0 aromatic heterocycles. The van der Waals surface area contributed by atoms with E-state index in [-0.39, 0.29) is 5.91 Å². The zero-order valence-electron chi connectivity index (χ0n) is 17.6. The van der Waals surface area contributed by atoms with Gasteiger partial charge in [0, 0.05) is 25.2 Å². The van der Waals surface area contributed by atoms with Gasteiger partial charge in [-0.2, -0.15) is 0 Å². The summed E-state index contributed by atoms with van der Waals surface area (Å²) in [7, 11) is 0. The van der Waals surface area contributed by atoms with Crippen LogP contribution in [0.1, 0.15) is 26.7 Å². The van der Waals surface area contributed by atoms with Crippen LogP contribution in [0.5, 0.6) is 11.5 Å². The van der Waals surface area contributed by atoms with Crippen LogP contribution in [0.4, 0.5) is 11.4 Å². The van der Waals surface area contributed by atoms with E-state index in [0.29, 0.717) is 56.5 Å².